The summed E-state index contributed by atoms with van der Waals surface area (Å²) in [5.41, 5.74) is 2.37. The van der Waals surface area contributed by atoms with Gasteiger partial charge in [-0.15, -0.1) is 0 Å². The van der Waals surface area contributed by atoms with Crippen LogP contribution in [0.2, 0.25) is 0 Å². The number of ether oxygens (including phenoxy) is 2. The van der Waals surface area contributed by atoms with E-state index in [4.69, 9.17) is 9.47 Å². The predicted octanol–water partition coefficient (Wildman–Crippen LogP) is 2.91. The summed E-state index contributed by atoms with van der Waals surface area (Å²) in [7, 11) is -3.76. The zero-order valence-electron chi connectivity index (χ0n) is 15.2. The molecule has 1 amide bonds. The molecule has 28 heavy (non-hydrogen) atoms. The Hall–Kier alpha value is -2.74. The van der Waals surface area contributed by atoms with Crippen LogP contribution in [0.25, 0.3) is 0 Å². The number of anilines is 2. The van der Waals surface area contributed by atoms with E-state index in [2.05, 4.69) is 4.72 Å². The first kappa shape index (κ1) is 17.4. The fourth-order valence-corrected chi connectivity index (χ4v) is 4.76. The van der Waals surface area contributed by atoms with Gasteiger partial charge in [0.2, 0.25) is 12.7 Å². The van der Waals surface area contributed by atoms with Crippen molar-refractivity contribution in [3.63, 3.8) is 0 Å². The maximum atomic E-state index is 12.8. The van der Waals surface area contributed by atoms with Crippen molar-refractivity contribution >= 4 is 27.3 Å². The molecule has 2 aromatic rings. The number of benzene rings is 2. The minimum atomic E-state index is -3.76. The van der Waals surface area contributed by atoms with Crippen LogP contribution in [-0.4, -0.2) is 27.7 Å². The van der Waals surface area contributed by atoms with Gasteiger partial charge in [0, 0.05) is 29.9 Å². The van der Waals surface area contributed by atoms with Gasteiger partial charge in [0.1, 0.15) is 0 Å². The van der Waals surface area contributed by atoms with Gasteiger partial charge in [-0.2, -0.15) is 0 Å². The van der Waals surface area contributed by atoms with Crippen molar-refractivity contribution in [2.24, 2.45) is 5.92 Å². The Morgan fingerprint density at radius 3 is 2.71 bits per heavy atom. The summed E-state index contributed by atoms with van der Waals surface area (Å²) < 4.78 is 38.7. The van der Waals surface area contributed by atoms with Crippen LogP contribution in [0.3, 0.4) is 0 Å². The fraction of sp³-hybridized carbons (Fsp3) is 0.350. The molecule has 3 aliphatic rings. The molecule has 2 aromatic carbocycles. The van der Waals surface area contributed by atoms with E-state index in [-0.39, 0.29) is 23.5 Å². The molecule has 1 N–H and O–H groups in total. The quantitative estimate of drug-likeness (QED) is 0.853. The highest BCUT2D eigenvalue weighted by atomic mass is 32.2. The van der Waals surface area contributed by atoms with Crippen molar-refractivity contribution in [2.45, 2.75) is 30.6 Å². The Balaban J connectivity index is 1.40. The van der Waals surface area contributed by atoms with Gasteiger partial charge >= 0.3 is 0 Å². The Labute approximate surface area is 163 Å². The molecular formula is C20H20N2O5S. The lowest BCUT2D eigenvalue weighted by molar-refractivity contribution is -0.119. The topological polar surface area (TPSA) is 84.9 Å². The van der Waals surface area contributed by atoms with Crippen molar-refractivity contribution in [1.29, 1.82) is 0 Å². The van der Waals surface area contributed by atoms with Crippen LogP contribution < -0.4 is 19.1 Å². The first-order valence-electron chi connectivity index (χ1n) is 9.38. The molecule has 0 spiro atoms. The van der Waals surface area contributed by atoms with Crippen molar-refractivity contribution in [2.75, 3.05) is 23.0 Å². The molecule has 1 aliphatic carbocycles. The van der Waals surface area contributed by atoms with E-state index in [9.17, 15) is 13.2 Å². The third kappa shape index (κ3) is 3.07. The van der Waals surface area contributed by atoms with Crippen molar-refractivity contribution < 1.29 is 22.7 Å². The van der Waals surface area contributed by atoms with Crippen molar-refractivity contribution in [1.82, 2.24) is 0 Å². The number of amides is 1. The smallest absolute Gasteiger partial charge is 0.262 e. The average Bonchev–Trinajstić information content (AvgIpc) is 3.43. The molecule has 2 aliphatic heterocycles. The summed E-state index contributed by atoms with van der Waals surface area (Å²) in [6, 6.07) is 9.91. The lowest BCUT2D eigenvalue weighted by atomic mass is 10.0. The molecule has 0 radical (unpaired) electrons. The van der Waals surface area contributed by atoms with Gasteiger partial charge in [-0.25, -0.2) is 8.42 Å². The number of nitrogens with zero attached hydrogens (tertiary/aromatic N) is 1. The SMILES string of the molecule is O=C(C1CC1)N1CCCc2cc(NS(=O)(=O)c3ccc4c(c3)OCO4)ccc21. The highest BCUT2D eigenvalue weighted by Gasteiger charge is 2.35. The van der Waals surface area contributed by atoms with Gasteiger partial charge in [-0.3, -0.25) is 9.52 Å². The molecular weight excluding hydrogens is 380 g/mol. The minimum Gasteiger partial charge on any atom is -0.454 e. The second-order valence-electron chi connectivity index (χ2n) is 7.33. The summed E-state index contributed by atoms with van der Waals surface area (Å²) in [4.78, 5) is 14.5. The molecule has 0 saturated heterocycles. The first-order valence-corrected chi connectivity index (χ1v) is 10.9. The summed E-state index contributed by atoms with van der Waals surface area (Å²) >= 11 is 0. The van der Waals surface area contributed by atoms with Crippen molar-refractivity contribution in [3.8, 4) is 11.5 Å². The van der Waals surface area contributed by atoms with Crippen molar-refractivity contribution in [3.05, 3.63) is 42.0 Å². The van der Waals surface area contributed by atoms with Crippen LogP contribution in [0.15, 0.2) is 41.3 Å². The van der Waals surface area contributed by atoms with Crippen LogP contribution in [0.1, 0.15) is 24.8 Å². The molecule has 0 unspecified atom stereocenters. The van der Waals surface area contributed by atoms with E-state index < -0.39 is 10.0 Å². The zero-order valence-corrected chi connectivity index (χ0v) is 16.0. The number of aryl methyl sites for hydroxylation is 1. The van der Waals surface area contributed by atoms with Gasteiger partial charge in [0.25, 0.3) is 10.0 Å². The predicted molar refractivity (Wildman–Crippen MR) is 103 cm³/mol. The molecule has 5 rings (SSSR count). The van der Waals surface area contributed by atoms with E-state index in [1.54, 1.807) is 12.1 Å². The Morgan fingerprint density at radius 2 is 1.89 bits per heavy atom. The monoisotopic (exact) mass is 400 g/mol. The molecule has 2 heterocycles. The van der Waals surface area contributed by atoms with Crippen LogP contribution in [0, 0.1) is 5.92 Å². The van der Waals surface area contributed by atoms with E-state index in [1.165, 1.54) is 12.1 Å². The summed E-state index contributed by atoms with van der Waals surface area (Å²) in [6.07, 6.45) is 3.64. The van der Waals surface area contributed by atoms with E-state index in [0.717, 1.165) is 43.5 Å². The second kappa shape index (κ2) is 6.41. The Kier molecular flexibility index (Phi) is 3.97. The molecule has 1 fully saturated rings. The van der Waals surface area contributed by atoms with Crippen LogP contribution >= 0.6 is 0 Å². The minimum absolute atomic E-state index is 0.0904. The number of carbonyl (C=O) groups excluding carboxylic acids is 1. The van der Waals surface area contributed by atoms with Gasteiger partial charge in [-0.1, -0.05) is 0 Å². The molecule has 8 heteroatoms. The molecule has 146 valence electrons. The molecule has 0 atom stereocenters. The lowest BCUT2D eigenvalue weighted by Crippen LogP contribution is -2.36. The molecule has 0 aromatic heterocycles. The van der Waals surface area contributed by atoms with E-state index in [0.29, 0.717) is 17.2 Å². The summed E-state index contributed by atoms with van der Waals surface area (Å²) in [5, 5.41) is 0. The number of hydrogen-bond acceptors (Lipinski definition) is 5. The second-order valence-corrected chi connectivity index (χ2v) is 9.01. The summed E-state index contributed by atoms with van der Waals surface area (Å²) in [5.74, 6) is 1.31. The third-order valence-electron chi connectivity index (χ3n) is 5.30. The van der Waals surface area contributed by atoms with Gasteiger partial charge in [0.05, 0.1) is 4.90 Å². The number of carbonyl (C=O) groups is 1. The fourth-order valence-electron chi connectivity index (χ4n) is 3.70. The maximum absolute atomic E-state index is 12.8. The van der Waals surface area contributed by atoms with Gasteiger partial charge < -0.3 is 14.4 Å². The number of nitrogens with one attached hydrogen (secondary N) is 1. The van der Waals surface area contributed by atoms with Crippen LogP contribution in [-0.2, 0) is 21.2 Å². The standard InChI is InChI=1S/C20H20N2O5S/c23-20(13-3-4-13)22-9-1-2-14-10-15(5-7-17(14)22)21-28(24,25)16-6-8-18-19(11-16)27-12-26-18/h5-8,10-11,13,21H,1-4,9,12H2. The average molecular weight is 400 g/mol. The normalized spacial score (nSPS) is 17.9. The van der Waals surface area contributed by atoms with Gasteiger partial charge in [-0.05, 0) is 61.6 Å². The van der Waals surface area contributed by atoms with Gasteiger partial charge in [0.15, 0.2) is 11.5 Å². The Bertz CT molecular complexity index is 1060. The molecule has 1 saturated carbocycles. The van der Waals surface area contributed by atoms with E-state index >= 15 is 0 Å². The highest BCUT2D eigenvalue weighted by Crippen LogP contribution is 2.37. The first-order chi connectivity index (χ1) is 13.5. The van der Waals surface area contributed by atoms with Crippen LogP contribution in [0.4, 0.5) is 11.4 Å². The van der Waals surface area contributed by atoms with Crippen LogP contribution in [0.5, 0.6) is 11.5 Å². The highest BCUT2D eigenvalue weighted by molar-refractivity contribution is 7.92. The zero-order chi connectivity index (χ0) is 19.3. The summed E-state index contributed by atoms with van der Waals surface area (Å²) in [6.45, 7) is 0.817. The largest absolute Gasteiger partial charge is 0.454 e. The molecule has 0 bridgehead atoms. The Morgan fingerprint density at radius 1 is 1.07 bits per heavy atom. The lowest BCUT2D eigenvalue weighted by Gasteiger charge is -2.30. The number of fused-ring (bicyclic) bond motifs is 2. The number of hydrogen-bond donors (Lipinski definition) is 1. The number of sulfonamides is 1. The molecule has 7 nitrogen and oxygen atoms in total. The third-order valence-corrected chi connectivity index (χ3v) is 6.68. The maximum Gasteiger partial charge on any atom is 0.262 e. The number of rotatable bonds is 4. The van der Waals surface area contributed by atoms with E-state index in [1.807, 2.05) is 17.0 Å².